The molecule has 0 aliphatic carbocycles. The zero-order valence-electron chi connectivity index (χ0n) is 10.7. The van der Waals surface area contributed by atoms with E-state index in [4.69, 9.17) is 0 Å². The summed E-state index contributed by atoms with van der Waals surface area (Å²) in [5.41, 5.74) is 0.649. The van der Waals surface area contributed by atoms with Gasteiger partial charge in [-0.3, -0.25) is 14.9 Å². The van der Waals surface area contributed by atoms with Gasteiger partial charge in [-0.25, -0.2) is 0 Å². The number of nitrogens with one attached hydrogen (secondary N) is 1. The molecule has 0 aliphatic rings. The highest BCUT2D eigenvalue weighted by Crippen LogP contribution is 2.18. The van der Waals surface area contributed by atoms with Crippen molar-refractivity contribution in [1.82, 2.24) is 5.32 Å². The van der Waals surface area contributed by atoms with Crippen molar-refractivity contribution in [2.75, 3.05) is 18.5 Å². The van der Waals surface area contributed by atoms with Crippen molar-refractivity contribution in [2.24, 2.45) is 0 Å². The molecule has 6 heteroatoms. The van der Waals surface area contributed by atoms with Crippen LogP contribution in [-0.2, 0) is 4.79 Å². The smallest absolute Gasteiger partial charge is 0.269 e. The van der Waals surface area contributed by atoms with Crippen LogP contribution in [0.5, 0.6) is 0 Å². The van der Waals surface area contributed by atoms with Crippen LogP contribution in [0.2, 0.25) is 0 Å². The molecule has 0 saturated carbocycles. The summed E-state index contributed by atoms with van der Waals surface area (Å²) < 4.78 is 0. The number of likely N-dealkylation sites (N-methyl/N-ethyl adjacent to an activating group) is 1. The fourth-order valence-corrected chi connectivity index (χ4v) is 1.35. The van der Waals surface area contributed by atoms with Gasteiger partial charge in [-0.05, 0) is 12.1 Å². The van der Waals surface area contributed by atoms with Crippen LogP contribution in [0, 0.1) is 10.1 Å². The van der Waals surface area contributed by atoms with E-state index < -0.39 is 4.92 Å². The zero-order chi connectivity index (χ0) is 13.7. The topological polar surface area (TPSA) is 75.5 Å². The van der Waals surface area contributed by atoms with Crippen molar-refractivity contribution in [3.8, 4) is 0 Å². The number of carbonyl (C=O) groups excluding carboxylic acids is 1. The molecule has 0 bridgehead atoms. The van der Waals surface area contributed by atoms with E-state index in [-0.39, 0.29) is 24.2 Å². The van der Waals surface area contributed by atoms with Crippen LogP contribution in [0.25, 0.3) is 0 Å². The van der Waals surface area contributed by atoms with E-state index >= 15 is 0 Å². The number of hydrogen-bond acceptors (Lipinski definition) is 4. The fraction of sp³-hybridized carbons (Fsp3) is 0.417. The Labute approximate surface area is 106 Å². The van der Waals surface area contributed by atoms with Gasteiger partial charge in [0.25, 0.3) is 5.69 Å². The van der Waals surface area contributed by atoms with E-state index in [1.165, 1.54) is 17.0 Å². The Kier molecular flexibility index (Phi) is 4.79. The first-order chi connectivity index (χ1) is 8.41. The second-order valence-corrected chi connectivity index (χ2v) is 4.26. The average molecular weight is 251 g/mol. The number of nitro benzene ring substituents is 1. The zero-order valence-corrected chi connectivity index (χ0v) is 10.7. The molecule has 1 N–H and O–H groups in total. The lowest BCUT2D eigenvalue weighted by molar-refractivity contribution is -0.384. The number of benzene rings is 1. The van der Waals surface area contributed by atoms with Crippen LogP contribution in [-0.4, -0.2) is 30.5 Å². The van der Waals surface area contributed by atoms with Crippen molar-refractivity contribution in [3.05, 3.63) is 34.4 Å². The van der Waals surface area contributed by atoms with Gasteiger partial charge in [-0.1, -0.05) is 13.8 Å². The molecule has 6 nitrogen and oxygen atoms in total. The molecule has 0 spiro atoms. The third kappa shape index (κ3) is 3.81. The quantitative estimate of drug-likeness (QED) is 0.636. The first kappa shape index (κ1) is 14.1. The van der Waals surface area contributed by atoms with Gasteiger partial charge in [0.1, 0.15) is 0 Å². The highest BCUT2D eigenvalue weighted by Gasteiger charge is 2.12. The molecule has 98 valence electrons. The lowest BCUT2D eigenvalue weighted by Crippen LogP contribution is -2.38. The Hall–Kier alpha value is -1.95. The molecular formula is C12H17N3O3. The number of carbonyl (C=O) groups is 1. The van der Waals surface area contributed by atoms with Gasteiger partial charge in [0.05, 0.1) is 11.5 Å². The number of non-ortho nitro benzene ring substituents is 1. The molecule has 0 aliphatic heterocycles. The summed E-state index contributed by atoms with van der Waals surface area (Å²) in [5, 5.41) is 13.5. The molecule has 0 fully saturated rings. The fourth-order valence-electron chi connectivity index (χ4n) is 1.35. The van der Waals surface area contributed by atoms with Gasteiger partial charge in [0.2, 0.25) is 5.91 Å². The number of amides is 1. The Bertz CT molecular complexity index is 429. The minimum absolute atomic E-state index is 0.0138. The van der Waals surface area contributed by atoms with Gasteiger partial charge in [0.15, 0.2) is 0 Å². The lowest BCUT2D eigenvalue weighted by atomic mass is 10.2. The molecule has 1 rings (SSSR count). The van der Waals surface area contributed by atoms with Crippen LogP contribution in [0.3, 0.4) is 0 Å². The van der Waals surface area contributed by atoms with Crippen LogP contribution < -0.4 is 10.2 Å². The van der Waals surface area contributed by atoms with E-state index in [2.05, 4.69) is 5.32 Å². The molecule has 0 atom stereocenters. The van der Waals surface area contributed by atoms with Crippen LogP contribution in [0.4, 0.5) is 11.4 Å². The van der Waals surface area contributed by atoms with Gasteiger partial charge in [-0.15, -0.1) is 0 Å². The van der Waals surface area contributed by atoms with Gasteiger partial charge in [0, 0.05) is 30.9 Å². The summed E-state index contributed by atoms with van der Waals surface area (Å²) in [4.78, 5) is 23.3. The van der Waals surface area contributed by atoms with Crippen LogP contribution >= 0.6 is 0 Å². The number of anilines is 1. The Balaban J connectivity index is 2.68. The summed E-state index contributed by atoms with van der Waals surface area (Å²) in [6, 6.07) is 6.13. The maximum atomic E-state index is 11.8. The Morgan fingerprint density at radius 1 is 1.39 bits per heavy atom. The summed E-state index contributed by atoms with van der Waals surface area (Å²) in [7, 11) is 1.64. The second-order valence-electron chi connectivity index (χ2n) is 4.26. The van der Waals surface area contributed by atoms with Crippen molar-refractivity contribution in [3.63, 3.8) is 0 Å². The predicted octanol–water partition coefficient (Wildman–Crippen LogP) is 1.56. The molecular weight excluding hydrogens is 234 g/mol. The second kappa shape index (κ2) is 6.11. The number of rotatable bonds is 5. The molecule has 0 saturated heterocycles. The average Bonchev–Trinajstić information content (AvgIpc) is 2.35. The molecule has 1 aromatic rings. The third-order valence-corrected chi connectivity index (χ3v) is 2.48. The lowest BCUT2D eigenvalue weighted by Gasteiger charge is -2.18. The largest absolute Gasteiger partial charge is 0.314 e. The Morgan fingerprint density at radius 2 is 1.94 bits per heavy atom. The van der Waals surface area contributed by atoms with E-state index in [9.17, 15) is 14.9 Å². The highest BCUT2D eigenvalue weighted by molar-refractivity contribution is 5.94. The van der Waals surface area contributed by atoms with Crippen molar-refractivity contribution < 1.29 is 9.72 Å². The highest BCUT2D eigenvalue weighted by atomic mass is 16.6. The molecule has 1 amide bonds. The normalized spacial score (nSPS) is 10.4. The minimum Gasteiger partial charge on any atom is -0.314 e. The molecule has 0 aromatic heterocycles. The maximum Gasteiger partial charge on any atom is 0.269 e. The molecule has 0 radical (unpaired) electrons. The van der Waals surface area contributed by atoms with Crippen molar-refractivity contribution >= 4 is 17.3 Å². The first-order valence-corrected chi connectivity index (χ1v) is 5.66. The minimum atomic E-state index is -0.466. The number of nitro groups is 1. The molecule has 0 heterocycles. The summed E-state index contributed by atoms with van der Waals surface area (Å²) >= 11 is 0. The Morgan fingerprint density at radius 3 is 2.39 bits per heavy atom. The first-order valence-electron chi connectivity index (χ1n) is 5.66. The summed E-state index contributed by atoms with van der Waals surface area (Å²) in [6.07, 6.45) is 0. The SMILES string of the molecule is CC(C)NCC(=O)N(C)c1ccc([N+](=O)[O-])cc1. The van der Waals surface area contributed by atoms with E-state index in [0.29, 0.717) is 5.69 Å². The van der Waals surface area contributed by atoms with E-state index in [1.807, 2.05) is 13.8 Å². The monoisotopic (exact) mass is 251 g/mol. The standard InChI is InChI=1S/C12H17N3O3/c1-9(2)13-8-12(16)14(3)10-4-6-11(7-5-10)15(17)18/h4-7,9,13H,8H2,1-3H3. The van der Waals surface area contributed by atoms with E-state index in [0.717, 1.165) is 0 Å². The van der Waals surface area contributed by atoms with Crippen molar-refractivity contribution in [2.45, 2.75) is 19.9 Å². The van der Waals surface area contributed by atoms with Gasteiger partial charge < -0.3 is 10.2 Å². The predicted molar refractivity (Wildman–Crippen MR) is 69.6 cm³/mol. The molecule has 0 unspecified atom stereocenters. The van der Waals surface area contributed by atoms with E-state index in [1.54, 1.807) is 19.2 Å². The number of nitrogens with zero attached hydrogens (tertiary/aromatic N) is 2. The van der Waals surface area contributed by atoms with Gasteiger partial charge >= 0.3 is 0 Å². The molecule has 18 heavy (non-hydrogen) atoms. The summed E-state index contributed by atoms with van der Waals surface area (Å²) in [6.45, 7) is 4.16. The number of hydrogen-bond donors (Lipinski definition) is 1. The maximum absolute atomic E-state index is 11.8. The van der Waals surface area contributed by atoms with Gasteiger partial charge in [-0.2, -0.15) is 0 Å². The summed E-state index contributed by atoms with van der Waals surface area (Å²) in [5.74, 6) is -0.0856. The van der Waals surface area contributed by atoms with Crippen molar-refractivity contribution in [1.29, 1.82) is 0 Å². The van der Waals surface area contributed by atoms with Crippen LogP contribution in [0.15, 0.2) is 24.3 Å². The molecule has 1 aromatic carbocycles. The third-order valence-electron chi connectivity index (χ3n) is 2.48. The van der Waals surface area contributed by atoms with Crippen LogP contribution in [0.1, 0.15) is 13.8 Å².